The van der Waals surface area contributed by atoms with Crippen molar-refractivity contribution in [2.45, 2.75) is 6.54 Å². The molecule has 2 rings (SSSR count). The summed E-state index contributed by atoms with van der Waals surface area (Å²) in [6.45, 7) is 1.67. The van der Waals surface area contributed by atoms with E-state index in [9.17, 15) is 0 Å². The zero-order chi connectivity index (χ0) is 11.2. The maximum atomic E-state index is 5.33. The third-order valence-corrected chi connectivity index (χ3v) is 2.26. The minimum absolute atomic E-state index is 0.829. The molecule has 1 aromatic carbocycles. The molecule has 16 heavy (non-hydrogen) atoms. The first-order valence-electron chi connectivity index (χ1n) is 5.16. The van der Waals surface area contributed by atoms with Gasteiger partial charge in [0.05, 0.1) is 6.54 Å². The SMILES string of the molecule is C#Cc1cccc(NCCn2cccn2)c1. The number of nitrogens with zero attached hydrogens (tertiary/aromatic N) is 2. The van der Waals surface area contributed by atoms with Gasteiger partial charge in [-0.05, 0) is 24.3 Å². The van der Waals surface area contributed by atoms with E-state index in [4.69, 9.17) is 6.42 Å². The van der Waals surface area contributed by atoms with Crippen LogP contribution in [0.25, 0.3) is 0 Å². The number of hydrogen-bond donors (Lipinski definition) is 1. The topological polar surface area (TPSA) is 29.9 Å². The van der Waals surface area contributed by atoms with Gasteiger partial charge in [0.1, 0.15) is 0 Å². The van der Waals surface area contributed by atoms with Crippen molar-refractivity contribution in [3.63, 3.8) is 0 Å². The fourth-order valence-corrected chi connectivity index (χ4v) is 1.47. The predicted octanol–water partition coefficient (Wildman–Crippen LogP) is 1.98. The molecule has 0 saturated heterocycles. The Labute approximate surface area is 95.1 Å². The molecular formula is C13H13N3. The standard InChI is InChI=1S/C13H13N3/c1-2-12-5-3-6-13(11-12)14-8-10-16-9-4-7-15-16/h1,3-7,9,11,14H,8,10H2. The molecule has 0 atom stereocenters. The Morgan fingerprint density at radius 1 is 1.38 bits per heavy atom. The van der Waals surface area contributed by atoms with Gasteiger partial charge in [0.2, 0.25) is 0 Å². The van der Waals surface area contributed by atoms with Gasteiger partial charge in [0, 0.05) is 30.2 Å². The minimum atomic E-state index is 0.829. The highest BCUT2D eigenvalue weighted by atomic mass is 15.3. The van der Waals surface area contributed by atoms with E-state index < -0.39 is 0 Å². The first kappa shape index (κ1) is 10.3. The minimum Gasteiger partial charge on any atom is -0.383 e. The quantitative estimate of drug-likeness (QED) is 0.784. The normalized spacial score (nSPS) is 9.69. The molecule has 0 fully saturated rings. The van der Waals surface area contributed by atoms with E-state index in [-0.39, 0.29) is 0 Å². The molecule has 1 N–H and O–H groups in total. The molecule has 0 radical (unpaired) electrons. The summed E-state index contributed by atoms with van der Waals surface area (Å²) < 4.78 is 1.89. The Balaban J connectivity index is 1.88. The maximum absolute atomic E-state index is 5.33. The zero-order valence-electron chi connectivity index (χ0n) is 8.93. The van der Waals surface area contributed by atoms with Crippen LogP contribution in [0.15, 0.2) is 42.7 Å². The van der Waals surface area contributed by atoms with Crippen molar-refractivity contribution in [3.8, 4) is 12.3 Å². The van der Waals surface area contributed by atoms with Crippen molar-refractivity contribution in [1.29, 1.82) is 0 Å². The second kappa shape index (κ2) is 5.04. The maximum Gasteiger partial charge on any atom is 0.0582 e. The van der Waals surface area contributed by atoms with Crippen molar-refractivity contribution < 1.29 is 0 Å². The molecule has 2 aromatic rings. The summed E-state index contributed by atoms with van der Waals surface area (Å²) in [6.07, 6.45) is 9.05. The van der Waals surface area contributed by atoms with Crippen molar-refractivity contribution in [2.75, 3.05) is 11.9 Å². The van der Waals surface area contributed by atoms with Gasteiger partial charge < -0.3 is 5.32 Å². The summed E-state index contributed by atoms with van der Waals surface area (Å²) in [5.74, 6) is 2.61. The molecule has 80 valence electrons. The first-order valence-corrected chi connectivity index (χ1v) is 5.16. The molecule has 0 bridgehead atoms. The second-order valence-corrected chi connectivity index (χ2v) is 3.42. The number of aromatic nitrogens is 2. The van der Waals surface area contributed by atoms with Gasteiger partial charge in [-0.2, -0.15) is 5.10 Å². The molecule has 0 aliphatic heterocycles. The molecule has 0 aliphatic carbocycles. The van der Waals surface area contributed by atoms with E-state index in [0.29, 0.717) is 0 Å². The number of rotatable bonds is 4. The average molecular weight is 211 g/mol. The number of benzene rings is 1. The van der Waals surface area contributed by atoms with E-state index in [1.807, 2.05) is 41.2 Å². The van der Waals surface area contributed by atoms with Gasteiger partial charge >= 0.3 is 0 Å². The van der Waals surface area contributed by atoms with Crippen molar-refractivity contribution in [2.24, 2.45) is 0 Å². The van der Waals surface area contributed by atoms with Crippen LogP contribution in [0, 0.1) is 12.3 Å². The average Bonchev–Trinajstić information content (AvgIpc) is 2.82. The van der Waals surface area contributed by atoms with Gasteiger partial charge in [0.25, 0.3) is 0 Å². The van der Waals surface area contributed by atoms with Crippen LogP contribution in [0.1, 0.15) is 5.56 Å². The lowest BCUT2D eigenvalue weighted by molar-refractivity contribution is 0.638. The Hall–Kier alpha value is -2.21. The number of anilines is 1. The predicted molar refractivity (Wildman–Crippen MR) is 65.1 cm³/mol. The van der Waals surface area contributed by atoms with Gasteiger partial charge in [0.15, 0.2) is 0 Å². The van der Waals surface area contributed by atoms with Crippen LogP contribution in [0.3, 0.4) is 0 Å². The third kappa shape index (κ3) is 2.64. The van der Waals surface area contributed by atoms with E-state index in [2.05, 4.69) is 16.3 Å². The Morgan fingerprint density at radius 2 is 2.31 bits per heavy atom. The van der Waals surface area contributed by atoms with E-state index in [0.717, 1.165) is 24.3 Å². The monoisotopic (exact) mass is 211 g/mol. The molecular weight excluding hydrogens is 198 g/mol. The number of nitrogens with one attached hydrogen (secondary N) is 1. The van der Waals surface area contributed by atoms with Crippen LogP contribution in [0.5, 0.6) is 0 Å². The molecule has 0 saturated carbocycles. The Kier molecular flexibility index (Phi) is 3.25. The van der Waals surface area contributed by atoms with Crippen molar-refractivity contribution in [3.05, 3.63) is 48.3 Å². The molecule has 3 nitrogen and oxygen atoms in total. The van der Waals surface area contributed by atoms with Gasteiger partial charge in [-0.1, -0.05) is 12.0 Å². The number of terminal acetylenes is 1. The summed E-state index contributed by atoms with van der Waals surface area (Å²) >= 11 is 0. The molecule has 0 amide bonds. The summed E-state index contributed by atoms with van der Waals surface area (Å²) in [5.41, 5.74) is 1.94. The van der Waals surface area contributed by atoms with E-state index >= 15 is 0 Å². The van der Waals surface area contributed by atoms with Crippen LogP contribution < -0.4 is 5.32 Å². The summed E-state index contributed by atoms with van der Waals surface area (Å²) in [5, 5.41) is 7.43. The summed E-state index contributed by atoms with van der Waals surface area (Å²) in [4.78, 5) is 0. The lowest BCUT2D eigenvalue weighted by Gasteiger charge is -2.06. The highest BCUT2D eigenvalue weighted by Gasteiger charge is 1.93. The Morgan fingerprint density at radius 3 is 3.06 bits per heavy atom. The van der Waals surface area contributed by atoms with E-state index in [1.54, 1.807) is 6.20 Å². The lowest BCUT2D eigenvalue weighted by Crippen LogP contribution is -2.10. The van der Waals surface area contributed by atoms with Crippen molar-refractivity contribution in [1.82, 2.24) is 9.78 Å². The second-order valence-electron chi connectivity index (χ2n) is 3.42. The largest absolute Gasteiger partial charge is 0.383 e. The molecule has 0 aliphatic rings. The smallest absolute Gasteiger partial charge is 0.0582 e. The fourth-order valence-electron chi connectivity index (χ4n) is 1.47. The zero-order valence-corrected chi connectivity index (χ0v) is 8.93. The van der Waals surface area contributed by atoms with Crippen LogP contribution in [0.2, 0.25) is 0 Å². The first-order chi connectivity index (χ1) is 7.88. The highest BCUT2D eigenvalue weighted by Crippen LogP contribution is 2.09. The van der Waals surface area contributed by atoms with Crippen LogP contribution in [-0.2, 0) is 6.54 Å². The Bertz CT molecular complexity index is 480. The molecule has 1 heterocycles. The molecule has 1 aromatic heterocycles. The van der Waals surface area contributed by atoms with Crippen LogP contribution in [0.4, 0.5) is 5.69 Å². The molecule has 0 spiro atoms. The lowest BCUT2D eigenvalue weighted by atomic mass is 10.2. The highest BCUT2D eigenvalue weighted by molar-refractivity contribution is 5.49. The summed E-state index contributed by atoms with van der Waals surface area (Å²) in [6, 6.07) is 9.75. The number of hydrogen-bond acceptors (Lipinski definition) is 2. The fraction of sp³-hybridized carbons (Fsp3) is 0.154. The van der Waals surface area contributed by atoms with Gasteiger partial charge in [-0.25, -0.2) is 0 Å². The van der Waals surface area contributed by atoms with Crippen LogP contribution >= 0.6 is 0 Å². The molecule has 3 heteroatoms. The summed E-state index contributed by atoms with van der Waals surface area (Å²) in [7, 11) is 0. The van der Waals surface area contributed by atoms with Crippen LogP contribution in [-0.4, -0.2) is 16.3 Å². The van der Waals surface area contributed by atoms with Gasteiger partial charge in [-0.3, -0.25) is 4.68 Å². The van der Waals surface area contributed by atoms with Crippen molar-refractivity contribution >= 4 is 5.69 Å². The third-order valence-electron chi connectivity index (χ3n) is 2.26. The van der Waals surface area contributed by atoms with Gasteiger partial charge in [-0.15, -0.1) is 6.42 Å². The van der Waals surface area contributed by atoms with E-state index in [1.165, 1.54) is 0 Å². The molecule has 0 unspecified atom stereocenters.